The van der Waals surface area contributed by atoms with E-state index in [1.807, 2.05) is 13.8 Å². The van der Waals surface area contributed by atoms with Crippen molar-refractivity contribution in [2.75, 3.05) is 6.61 Å². The molecule has 4 N–H and O–H groups in total. The van der Waals surface area contributed by atoms with Crippen LogP contribution in [0.4, 0.5) is 0 Å². The summed E-state index contributed by atoms with van der Waals surface area (Å²) < 4.78 is 11.0. The summed E-state index contributed by atoms with van der Waals surface area (Å²) in [7, 11) is 0. The number of allylic oxidation sites excluding steroid dienone is 1. The highest BCUT2D eigenvalue weighted by Crippen LogP contribution is 2.52. The van der Waals surface area contributed by atoms with Crippen LogP contribution in [0.15, 0.2) is 11.3 Å². The van der Waals surface area contributed by atoms with Gasteiger partial charge in [0.1, 0.15) is 30.2 Å². The van der Waals surface area contributed by atoms with Crippen LogP contribution in [-0.4, -0.2) is 57.2 Å². The van der Waals surface area contributed by atoms with Gasteiger partial charge in [-0.1, -0.05) is 13.8 Å². The molecule has 0 bridgehead atoms. The Morgan fingerprint density at radius 1 is 1.26 bits per heavy atom. The zero-order chi connectivity index (χ0) is 14.0. The summed E-state index contributed by atoms with van der Waals surface area (Å²) in [5, 5.41) is 40.4. The third-order valence-corrected chi connectivity index (χ3v) is 4.19. The Bertz CT molecular complexity index is 431. The van der Waals surface area contributed by atoms with Crippen molar-refractivity contribution in [2.24, 2.45) is 5.41 Å². The molecule has 2 saturated heterocycles. The number of ether oxygens (including phenoxy) is 2. The molecule has 3 aliphatic rings. The molecule has 0 spiro atoms. The van der Waals surface area contributed by atoms with Gasteiger partial charge in [-0.15, -0.1) is 0 Å². The standard InChI is InChI=1S/C13H20O6/c1-12(2)3-6(14)8-10-11(19-13(8,17)5-12)9(16)7(15)4-18-10/h7,9-11,14-17H,3-5H2,1-2H3. The van der Waals surface area contributed by atoms with Gasteiger partial charge in [-0.3, -0.25) is 0 Å². The molecule has 3 rings (SSSR count). The predicted octanol–water partition coefficient (Wildman–Crippen LogP) is -0.174. The van der Waals surface area contributed by atoms with Crippen LogP contribution in [-0.2, 0) is 9.47 Å². The first-order valence-electron chi connectivity index (χ1n) is 6.54. The van der Waals surface area contributed by atoms with Crippen LogP contribution in [0.5, 0.6) is 0 Å². The van der Waals surface area contributed by atoms with Crippen LogP contribution >= 0.6 is 0 Å². The molecule has 5 atom stereocenters. The third-order valence-electron chi connectivity index (χ3n) is 4.19. The lowest BCUT2D eigenvalue weighted by Crippen LogP contribution is -2.51. The second kappa shape index (κ2) is 3.93. The molecule has 0 saturated carbocycles. The fourth-order valence-electron chi connectivity index (χ4n) is 3.47. The Morgan fingerprint density at radius 2 is 1.95 bits per heavy atom. The van der Waals surface area contributed by atoms with Gasteiger partial charge in [0.25, 0.3) is 0 Å². The number of fused-ring (bicyclic) bond motifs is 3. The minimum atomic E-state index is -1.62. The van der Waals surface area contributed by atoms with Crippen LogP contribution in [0, 0.1) is 5.41 Å². The highest BCUT2D eigenvalue weighted by Gasteiger charge is 2.60. The molecule has 0 amide bonds. The van der Waals surface area contributed by atoms with Crippen LogP contribution in [0.2, 0.25) is 0 Å². The topological polar surface area (TPSA) is 99.4 Å². The Balaban J connectivity index is 2.01. The second-order valence-electron chi connectivity index (χ2n) is 6.56. The van der Waals surface area contributed by atoms with Crippen molar-refractivity contribution in [3.8, 4) is 0 Å². The summed E-state index contributed by atoms with van der Waals surface area (Å²) >= 11 is 0. The molecule has 2 fully saturated rings. The van der Waals surface area contributed by atoms with E-state index < -0.39 is 30.2 Å². The van der Waals surface area contributed by atoms with Crippen LogP contribution < -0.4 is 0 Å². The van der Waals surface area contributed by atoms with E-state index in [0.29, 0.717) is 18.4 Å². The van der Waals surface area contributed by atoms with E-state index in [4.69, 9.17) is 9.47 Å². The summed E-state index contributed by atoms with van der Waals surface area (Å²) in [6.07, 6.45) is -2.96. The summed E-state index contributed by atoms with van der Waals surface area (Å²) in [5.74, 6) is -1.55. The highest BCUT2D eigenvalue weighted by molar-refractivity contribution is 5.32. The molecular formula is C13H20O6. The molecule has 0 aromatic heterocycles. The van der Waals surface area contributed by atoms with Crippen LogP contribution in [0.25, 0.3) is 0 Å². The first-order valence-corrected chi connectivity index (χ1v) is 6.54. The monoisotopic (exact) mass is 272 g/mol. The predicted molar refractivity (Wildman–Crippen MR) is 64.2 cm³/mol. The van der Waals surface area contributed by atoms with Gasteiger partial charge in [-0.05, 0) is 5.41 Å². The van der Waals surface area contributed by atoms with E-state index in [-0.39, 0.29) is 17.8 Å². The molecule has 0 aromatic carbocycles. The molecular weight excluding hydrogens is 252 g/mol. The van der Waals surface area contributed by atoms with E-state index in [9.17, 15) is 20.4 Å². The molecule has 2 heterocycles. The number of rotatable bonds is 0. The highest BCUT2D eigenvalue weighted by atomic mass is 16.7. The van der Waals surface area contributed by atoms with Gasteiger partial charge in [0.05, 0.1) is 12.2 Å². The molecule has 19 heavy (non-hydrogen) atoms. The van der Waals surface area contributed by atoms with Crippen molar-refractivity contribution in [2.45, 2.75) is 56.9 Å². The lowest BCUT2D eigenvalue weighted by Gasteiger charge is -2.38. The third kappa shape index (κ3) is 1.90. The van der Waals surface area contributed by atoms with Crippen molar-refractivity contribution >= 4 is 0 Å². The van der Waals surface area contributed by atoms with Crippen molar-refractivity contribution < 1.29 is 29.9 Å². The minimum absolute atomic E-state index is 0.0397. The Morgan fingerprint density at radius 3 is 2.63 bits per heavy atom. The minimum Gasteiger partial charge on any atom is -0.512 e. The van der Waals surface area contributed by atoms with Crippen LogP contribution in [0.1, 0.15) is 26.7 Å². The molecule has 5 unspecified atom stereocenters. The molecule has 0 radical (unpaired) electrons. The van der Waals surface area contributed by atoms with Crippen LogP contribution in [0.3, 0.4) is 0 Å². The summed E-state index contributed by atoms with van der Waals surface area (Å²) in [6.45, 7) is 3.81. The Hall–Kier alpha value is -0.660. The Kier molecular flexibility index (Phi) is 2.75. The van der Waals surface area contributed by atoms with Gasteiger partial charge in [0, 0.05) is 12.8 Å². The largest absolute Gasteiger partial charge is 0.512 e. The number of hydrogen-bond acceptors (Lipinski definition) is 6. The number of aliphatic hydroxyl groups is 4. The molecule has 6 nitrogen and oxygen atoms in total. The van der Waals surface area contributed by atoms with E-state index in [0.717, 1.165) is 0 Å². The molecule has 2 aliphatic heterocycles. The average molecular weight is 272 g/mol. The zero-order valence-corrected chi connectivity index (χ0v) is 11.0. The summed E-state index contributed by atoms with van der Waals surface area (Å²) in [4.78, 5) is 0. The van der Waals surface area contributed by atoms with Gasteiger partial charge < -0.3 is 29.9 Å². The SMILES string of the molecule is CC1(C)CC(O)=C2C3OCC(O)C(O)C3OC2(O)C1. The maximum atomic E-state index is 10.6. The molecule has 108 valence electrons. The molecule has 0 aromatic rings. The first-order chi connectivity index (χ1) is 8.73. The second-order valence-corrected chi connectivity index (χ2v) is 6.56. The van der Waals surface area contributed by atoms with Crippen molar-refractivity contribution in [3.05, 3.63) is 11.3 Å². The van der Waals surface area contributed by atoms with Gasteiger partial charge >= 0.3 is 0 Å². The van der Waals surface area contributed by atoms with E-state index >= 15 is 0 Å². The maximum Gasteiger partial charge on any atom is 0.195 e. The van der Waals surface area contributed by atoms with Gasteiger partial charge in [0.2, 0.25) is 0 Å². The smallest absolute Gasteiger partial charge is 0.195 e. The average Bonchev–Trinajstić information content (AvgIpc) is 2.54. The van der Waals surface area contributed by atoms with Gasteiger partial charge in [-0.25, -0.2) is 0 Å². The van der Waals surface area contributed by atoms with E-state index in [1.165, 1.54) is 0 Å². The molecule has 6 heteroatoms. The number of aliphatic hydroxyl groups excluding tert-OH is 3. The van der Waals surface area contributed by atoms with Gasteiger partial charge in [0.15, 0.2) is 5.79 Å². The fraction of sp³-hybridized carbons (Fsp3) is 0.846. The van der Waals surface area contributed by atoms with E-state index in [1.54, 1.807) is 0 Å². The van der Waals surface area contributed by atoms with E-state index in [2.05, 4.69) is 0 Å². The zero-order valence-electron chi connectivity index (χ0n) is 11.0. The first kappa shape index (κ1) is 13.3. The quantitative estimate of drug-likeness (QED) is 0.488. The van der Waals surface area contributed by atoms with Crippen molar-refractivity contribution in [1.82, 2.24) is 0 Å². The lowest BCUT2D eigenvalue weighted by molar-refractivity contribution is -0.239. The van der Waals surface area contributed by atoms with Crippen molar-refractivity contribution in [3.63, 3.8) is 0 Å². The summed E-state index contributed by atoms with van der Waals surface area (Å²) in [5.41, 5.74) is 0.00197. The van der Waals surface area contributed by atoms with Crippen molar-refractivity contribution in [1.29, 1.82) is 0 Å². The normalized spacial score (nSPS) is 48.9. The Labute approximate surface area is 111 Å². The fourth-order valence-corrected chi connectivity index (χ4v) is 3.47. The summed E-state index contributed by atoms with van der Waals surface area (Å²) in [6, 6.07) is 0. The van der Waals surface area contributed by atoms with Gasteiger partial charge in [-0.2, -0.15) is 0 Å². The lowest BCUT2D eigenvalue weighted by atomic mass is 9.73. The maximum absolute atomic E-state index is 10.6. The number of hydrogen-bond donors (Lipinski definition) is 4. The molecule has 1 aliphatic carbocycles.